The number of unbranched alkanes of at least 4 members (excludes halogenated alkanes) is 1. The van der Waals surface area contributed by atoms with Crippen LogP contribution in [0, 0.1) is 13.8 Å². The van der Waals surface area contributed by atoms with Gasteiger partial charge in [0, 0.05) is 31.1 Å². The maximum Gasteiger partial charge on any atom is 0.227 e. The molecular weight excluding hydrogens is 334 g/mol. The number of rotatable bonds is 5. The first-order chi connectivity index (χ1) is 13.1. The van der Waals surface area contributed by atoms with Crippen molar-refractivity contribution in [1.29, 1.82) is 0 Å². The Hall–Kier alpha value is -2.62. The molecule has 0 bridgehead atoms. The maximum absolute atomic E-state index is 12.9. The smallest absolute Gasteiger partial charge is 0.227 e. The zero-order chi connectivity index (χ0) is 19.0. The zero-order valence-electron chi connectivity index (χ0n) is 16.4. The van der Waals surface area contributed by atoms with Crippen LogP contribution in [0.25, 0.3) is 11.0 Å². The highest BCUT2D eigenvalue weighted by atomic mass is 16.2. The van der Waals surface area contributed by atoms with Gasteiger partial charge >= 0.3 is 0 Å². The van der Waals surface area contributed by atoms with E-state index in [1.807, 2.05) is 11.0 Å². The van der Waals surface area contributed by atoms with E-state index in [1.165, 1.54) is 11.1 Å². The lowest BCUT2D eigenvalue weighted by molar-refractivity contribution is -0.117. The van der Waals surface area contributed by atoms with E-state index in [-0.39, 0.29) is 11.8 Å². The molecule has 1 amide bonds. The molecule has 1 aliphatic heterocycles. The van der Waals surface area contributed by atoms with Crippen LogP contribution in [0.5, 0.6) is 0 Å². The van der Waals surface area contributed by atoms with Crippen LogP contribution in [0.1, 0.15) is 49.1 Å². The molecule has 0 N–H and O–H groups in total. The first-order valence-corrected chi connectivity index (χ1v) is 9.91. The Morgan fingerprint density at radius 3 is 2.78 bits per heavy atom. The fourth-order valence-electron chi connectivity index (χ4n) is 4.08. The molecule has 0 radical (unpaired) electrons. The van der Waals surface area contributed by atoms with Crippen molar-refractivity contribution in [3.63, 3.8) is 0 Å². The number of anilines is 1. The van der Waals surface area contributed by atoms with Crippen LogP contribution in [0.2, 0.25) is 0 Å². The molecule has 4 nitrogen and oxygen atoms in total. The van der Waals surface area contributed by atoms with E-state index in [0.717, 1.165) is 42.0 Å². The Labute approximate surface area is 160 Å². The Morgan fingerprint density at radius 2 is 1.96 bits per heavy atom. The summed E-state index contributed by atoms with van der Waals surface area (Å²) in [5.74, 6) is 1.40. The molecule has 140 valence electrons. The van der Waals surface area contributed by atoms with Gasteiger partial charge in [-0.3, -0.25) is 4.79 Å². The number of hydrogen-bond acceptors (Lipinski definition) is 2. The Kier molecular flexibility index (Phi) is 4.73. The van der Waals surface area contributed by atoms with Gasteiger partial charge in [-0.2, -0.15) is 0 Å². The minimum Gasteiger partial charge on any atom is -0.328 e. The van der Waals surface area contributed by atoms with Gasteiger partial charge in [0.1, 0.15) is 5.82 Å². The van der Waals surface area contributed by atoms with Crippen LogP contribution in [-0.2, 0) is 11.3 Å². The summed E-state index contributed by atoms with van der Waals surface area (Å²) in [6, 6.07) is 14.6. The maximum atomic E-state index is 12.9. The Balaban J connectivity index is 1.70. The second-order valence-corrected chi connectivity index (χ2v) is 7.66. The van der Waals surface area contributed by atoms with Crippen molar-refractivity contribution in [3.05, 3.63) is 59.4 Å². The highest BCUT2D eigenvalue weighted by Gasteiger charge is 2.35. The highest BCUT2D eigenvalue weighted by Crippen LogP contribution is 2.35. The van der Waals surface area contributed by atoms with Crippen LogP contribution < -0.4 is 4.90 Å². The molecule has 0 unspecified atom stereocenters. The standard InChI is InChI=1S/C23H27N3O/c1-4-5-12-25-20-9-7-6-8-19(20)24-23(25)18-14-22(27)26(15-18)21-13-16(2)10-11-17(21)3/h6-11,13,18H,4-5,12,14-15H2,1-3H3/t18-/m1/s1. The molecule has 2 aromatic carbocycles. The van der Waals surface area contributed by atoms with E-state index >= 15 is 0 Å². The Morgan fingerprint density at radius 1 is 1.15 bits per heavy atom. The number of amides is 1. The van der Waals surface area contributed by atoms with Gasteiger partial charge in [-0.15, -0.1) is 0 Å². The topological polar surface area (TPSA) is 38.1 Å². The van der Waals surface area contributed by atoms with Gasteiger partial charge in [-0.1, -0.05) is 37.6 Å². The number of fused-ring (bicyclic) bond motifs is 1. The third-order valence-electron chi connectivity index (χ3n) is 5.56. The molecule has 0 saturated carbocycles. The number of carbonyl (C=O) groups is 1. The molecule has 4 heteroatoms. The van der Waals surface area contributed by atoms with Crippen molar-refractivity contribution in [2.45, 2.75) is 52.5 Å². The summed E-state index contributed by atoms with van der Waals surface area (Å²) in [6.07, 6.45) is 2.79. The molecule has 0 aliphatic carbocycles. The molecule has 1 saturated heterocycles. The third kappa shape index (κ3) is 3.25. The van der Waals surface area contributed by atoms with E-state index in [9.17, 15) is 4.79 Å². The summed E-state index contributed by atoms with van der Waals surface area (Å²) in [4.78, 5) is 19.7. The first kappa shape index (κ1) is 17.8. The summed E-state index contributed by atoms with van der Waals surface area (Å²) in [6.45, 7) is 8.02. The summed E-state index contributed by atoms with van der Waals surface area (Å²) < 4.78 is 2.34. The minimum atomic E-state index is 0.140. The first-order valence-electron chi connectivity index (χ1n) is 9.91. The zero-order valence-corrected chi connectivity index (χ0v) is 16.4. The molecule has 0 spiro atoms. The summed E-state index contributed by atoms with van der Waals surface area (Å²) in [5.41, 5.74) is 5.58. The van der Waals surface area contributed by atoms with Crippen LogP contribution >= 0.6 is 0 Å². The number of aryl methyl sites for hydroxylation is 3. The quantitative estimate of drug-likeness (QED) is 0.643. The normalized spacial score (nSPS) is 17.2. The van der Waals surface area contributed by atoms with Crippen LogP contribution in [0.15, 0.2) is 42.5 Å². The molecule has 1 aromatic heterocycles. The van der Waals surface area contributed by atoms with Crippen molar-refractivity contribution in [2.75, 3.05) is 11.4 Å². The van der Waals surface area contributed by atoms with Crippen molar-refractivity contribution < 1.29 is 4.79 Å². The number of imidazole rings is 1. The number of carbonyl (C=O) groups excluding carboxylic acids is 1. The average Bonchev–Trinajstić information content (AvgIpc) is 3.22. The SMILES string of the molecule is CCCCn1c([C@@H]2CC(=O)N(c3cc(C)ccc3C)C2)nc2ccccc21. The number of para-hydroxylation sites is 2. The highest BCUT2D eigenvalue weighted by molar-refractivity contribution is 5.97. The summed E-state index contributed by atoms with van der Waals surface area (Å²) in [5, 5.41) is 0. The van der Waals surface area contributed by atoms with Gasteiger partial charge < -0.3 is 9.47 Å². The van der Waals surface area contributed by atoms with Crippen LogP contribution in [-0.4, -0.2) is 22.0 Å². The van der Waals surface area contributed by atoms with Crippen molar-refractivity contribution >= 4 is 22.6 Å². The molecular formula is C23H27N3O. The average molecular weight is 361 g/mol. The molecule has 27 heavy (non-hydrogen) atoms. The molecule has 2 heterocycles. The second kappa shape index (κ2) is 7.18. The van der Waals surface area contributed by atoms with Gasteiger partial charge in [0.05, 0.1) is 11.0 Å². The molecule has 1 fully saturated rings. The van der Waals surface area contributed by atoms with Gasteiger partial charge in [0.2, 0.25) is 5.91 Å². The van der Waals surface area contributed by atoms with Crippen molar-refractivity contribution in [3.8, 4) is 0 Å². The molecule has 1 atom stereocenters. The van der Waals surface area contributed by atoms with E-state index in [2.05, 4.69) is 61.7 Å². The third-order valence-corrected chi connectivity index (χ3v) is 5.56. The molecule has 1 aliphatic rings. The van der Waals surface area contributed by atoms with E-state index < -0.39 is 0 Å². The number of nitrogens with zero attached hydrogens (tertiary/aromatic N) is 3. The van der Waals surface area contributed by atoms with Crippen molar-refractivity contribution in [1.82, 2.24) is 9.55 Å². The van der Waals surface area contributed by atoms with Gasteiger partial charge in [-0.05, 0) is 49.6 Å². The van der Waals surface area contributed by atoms with Gasteiger partial charge in [-0.25, -0.2) is 4.98 Å². The minimum absolute atomic E-state index is 0.140. The lowest BCUT2D eigenvalue weighted by atomic mass is 10.1. The number of aromatic nitrogens is 2. The number of hydrogen-bond donors (Lipinski definition) is 0. The predicted molar refractivity (Wildman–Crippen MR) is 110 cm³/mol. The predicted octanol–water partition coefficient (Wildman–Crippen LogP) is 4.97. The second-order valence-electron chi connectivity index (χ2n) is 7.66. The lowest BCUT2D eigenvalue weighted by Gasteiger charge is -2.20. The van der Waals surface area contributed by atoms with Crippen LogP contribution in [0.3, 0.4) is 0 Å². The summed E-state index contributed by atoms with van der Waals surface area (Å²) >= 11 is 0. The molecule has 3 aromatic rings. The fourth-order valence-corrected chi connectivity index (χ4v) is 4.08. The monoisotopic (exact) mass is 361 g/mol. The van der Waals surface area contributed by atoms with E-state index in [1.54, 1.807) is 0 Å². The largest absolute Gasteiger partial charge is 0.328 e. The van der Waals surface area contributed by atoms with Gasteiger partial charge in [0.15, 0.2) is 0 Å². The van der Waals surface area contributed by atoms with Crippen molar-refractivity contribution in [2.24, 2.45) is 0 Å². The summed E-state index contributed by atoms with van der Waals surface area (Å²) in [7, 11) is 0. The number of benzene rings is 2. The lowest BCUT2D eigenvalue weighted by Crippen LogP contribution is -2.25. The molecule has 4 rings (SSSR count). The van der Waals surface area contributed by atoms with E-state index in [0.29, 0.717) is 13.0 Å². The van der Waals surface area contributed by atoms with Gasteiger partial charge in [0.25, 0.3) is 0 Å². The van der Waals surface area contributed by atoms with Crippen LogP contribution in [0.4, 0.5) is 5.69 Å². The van der Waals surface area contributed by atoms with E-state index in [4.69, 9.17) is 4.98 Å². The Bertz CT molecular complexity index is 988. The fraction of sp³-hybridized carbons (Fsp3) is 0.391.